The third-order valence-corrected chi connectivity index (χ3v) is 4.44. The molecule has 1 aromatic carbocycles. The third kappa shape index (κ3) is 5.03. The summed E-state index contributed by atoms with van der Waals surface area (Å²) >= 11 is 0. The van der Waals surface area contributed by atoms with Crippen LogP contribution in [0.3, 0.4) is 0 Å². The summed E-state index contributed by atoms with van der Waals surface area (Å²) in [5.41, 5.74) is 0.236. The summed E-state index contributed by atoms with van der Waals surface area (Å²) in [6.45, 7) is 1.18. The number of likely N-dealkylation sites (tertiary alicyclic amines) is 1. The van der Waals surface area contributed by atoms with E-state index in [1.54, 1.807) is 4.90 Å². The third-order valence-electron chi connectivity index (χ3n) is 4.44. The number of amides is 1. The number of carbonyl (C=O) groups excluding carboxylic acids is 2. The number of esters is 1. The van der Waals surface area contributed by atoms with E-state index in [1.165, 1.54) is 39.9 Å². The zero-order valence-electron chi connectivity index (χ0n) is 15.7. The molecule has 1 aliphatic rings. The Balaban J connectivity index is 2.01. The number of nitrogens with zero attached hydrogens (tertiary/aromatic N) is 1. The van der Waals surface area contributed by atoms with Gasteiger partial charge in [0.2, 0.25) is 5.75 Å². The van der Waals surface area contributed by atoms with Crippen LogP contribution in [0.2, 0.25) is 0 Å². The fourth-order valence-corrected chi connectivity index (χ4v) is 3.00. The first-order valence-electron chi connectivity index (χ1n) is 8.85. The quantitative estimate of drug-likeness (QED) is 0.722. The van der Waals surface area contributed by atoms with E-state index in [1.807, 2.05) is 0 Å². The van der Waals surface area contributed by atoms with Crippen molar-refractivity contribution in [3.05, 3.63) is 17.7 Å². The van der Waals surface area contributed by atoms with Crippen molar-refractivity contribution in [2.75, 3.05) is 41.0 Å². The van der Waals surface area contributed by atoms with Gasteiger partial charge in [-0.05, 0) is 25.0 Å². The van der Waals surface area contributed by atoms with Gasteiger partial charge in [0.1, 0.15) is 0 Å². The monoisotopic (exact) mass is 365 g/mol. The summed E-state index contributed by atoms with van der Waals surface area (Å²) in [6, 6.07) is 3.01. The summed E-state index contributed by atoms with van der Waals surface area (Å²) in [5, 5.41) is 0. The highest BCUT2D eigenvalue weighted by molar-refractivity contribution is 5.92. The maximum atomic E-state index is 12.3. The van der Waals surface area contributed by atoms with Gasteiger partial charge >= 0.3 is 5.97 Å². The maximum absolute atomic E-state index is 12.3. The SMILES string of the molecule is COc1cc(C(=O)OCC(=O)N2CCCCCCC2)cc(OC)c1OC. The van der Waals surface area contributed by atoms with Crippen LogP contribution in [0.25, 0.3) is 0 Å². The van der Waals surface area contributed by atoms with Crippen molar-refractivity contribution in [3.63, 3.8) is 0 Å². The highest BCUT2D eigenvalue weighted by Crippen LogP contribution is 2.38. The molecular formula is C19H27NO6. The van der Waals surface area contributed by atoms with E-state index in [0.717, 1.165) is 38.8 Å². The minimum absolute atomic E-state index is 0.160. The molecule has 2 rings (SSSR count). The molecule has 7 heteroatoms. The molecule has 1 amide bonds. The zero-order chi connectivity index (χ0) is 18.9. The predicted octanol–water partition coefficient (Wildman–Crippen LogP) is 2.66. The lowest BCUT2D eigenvalue weighted by Crippen LogP contribution is -2.36. The van der Waals surface area contributed by atoms with E-state index in [0.29, 0.717) is 17.2 Å². The fraction of sp³-hybridized carbons (Fsp3) is 0.579. The Bertz CT molecular complexity index is 597. The van der Waals surface area contributed by atoms with Gasteiger partial charge < -0.3 is 23.8 Å². The van der Waals surface area contributed by atoms with Crippen LogP contribution in [0.15, 0.2) is 12.1 Å². The Morgan fingerprint density at radius 3 is 1.92 bits per heavy atom. The molecule has 26 heavy (non-hydrogen) atoms. The average Bonchev–Trinajstić information content (AvgIpc) is 2.64. The lowest BCUT2D eigenvalue weighted by Gasteiger charge is -2.24. The van der Waals surface area contributed by atoms with Crippen LogP contribution >= 0.6 is 0 Å². The van der Waals surface area contributed by atoms with E-state index in [-0.39, 0.29) is 18.1 Å². The number of hydrogen-bond acceptors (Lipinski definition) is 6. The van der Waals surface area contributed by atoms with Gasteiger partial charge in [-0.1, -0.05) is 19.3 Å². The standard InChI is InChI=1S/C19H27NO6/c1-23-15-11-14(12-16(24-2)18(15)25-3)19(22)26-13-17(21)20-9-7-5-4-6-8-10-20/h11-12H,4-10,13H2,1-3H3. The lowest BCUT2D eigenvalue weighted by molar-refractivity contribution is -0.134. The molecule has 1 aromatic rings. The molecule has 0 radical (unpaired) electrons. The maximum Gasteiger partial charge on any atom is 0.338 e. The largest absolute Gasteiger partial charge is 0.493 e. The topological polar surface area (TPSA) is 74.3 Å². The molecule has 0 N–H and O–H groups in total. The second-order valence-corrected chi connectivity index (χ2v) is 6.14. The van der Waals surface area contributed by atoms with Crippen LogP contribution in [0.5, 0.6) is 17.2 Å². The van der Waals surface area contributed by atoms with Gasteiger partial charge in [-0.2, -0.15) is 0 Å². The summed E-state index contributed by atoms with van der Waals surface area (Å²) in [7, 11) is 4.43. The van der Waals surface area contributed by atoms with E-state index in [9.17, 15) is 9.59 Å². The highest BCUT2D eigenvalue weighted by Gasteiger charge is 2.20. The molecule has 1 fully saturated rings. The first-order valence-corrected chi connectivity index (χ1v) is 8.85. The number of carbonyl (C=O) groups is 2. The minimum atomic E-state index is -0.607. The van der Waals surface area contributed by atoms with Crippen LogP contribution in [0, 0.1) is 0 Å². The number of benzene rings is 1. The summed E-state index contributed by atoms with van der Waals surface area (Å²) in [5.74, 6) is 0.336. The smallest absolute Gasteiger partial charge is 0.338 e. The normalized spacial score (nSPS) is 14.8. The molecule has 0 spiro atoms. The van der Waals surface area contributed by atoms with Crippen molar-refractivity contribution in [2.45, 2.75) is 32.1 Å². The second kappa shape index (κ2) is 9.89. The first kappa shape index (κ1) is 19.9. The van der Waals surface area contributed by atoms with E-state index in [2.05, 4.69) is 0 Å². The van der Waals surface area contributed by atoms with Crippen molar-refractivity contribution in [1.82, 2.24) is 4.90 Å². The van der Waals surface area contributed by atoms with Crippen molar-refractivity contribution in [3.8, 4) is 17.2 Å². The molecule has 0 saturated carbocycles. The van der Waals surface area contributed by atoms with Crippen LogP contribution in [-0.4, -0.2) is 57.8 Å². The number of hydrogen-bond donors (Lipinski definition) is 0. The van der Waals surface area contributed by atoms with E-state index >= 15 is 0 Å². The predicted molar refractivity (Wildman–Crippen MR) is 96.0 cm³/mol. The van der Waals surface area contributed by atoms with Crippen LogP contribution in [0.4, 0.5) is 0 Å². The van der Waals surface area contributed by atoms with Gasteiger partial charge in [-0.25, -0.2) is 4.79 Å². The molecule has 1 aliphatic heterocycles. The Morgan fingerprint density at radius 2 is 1.42 bits per heavy atom. The Kier molecular flexibility index (Phi) is 7.56. The summed E-state index contributed by atoms with van der Waals surface area (Å²) in [4.78, 5) is 26.5. The van der Waals surface area contributed by atoms with Crippen LogP contribution < -0.4 is 14.2 Å². The molecule has 1 heterocycles. The molecule has 0 atom stereocenters. The van der Waals surface area contributed by atoms with Gasteiger partial charge in [0, 0.05) is 13.1 Å². The van der Waals surface area contributed by atoms with Crippen molar-refractivity contribution in [1.29, 1.82) is 0 Å². The highest BCUT2D eigenvalue weighted by atomic mass is 16.5. The molecule has 144 valence electrons. The van der Waals surface area contributed by atoms with Crippen LogP contribution in [0.1, 0.15) is 42.5 Å². The Labute approximate surface area is 154 Å². The molecule has 7 nitrogen and oxygen atoms in total. The lowest BCUT2D eigenvalue weighted by atomic mass is 10.1. The van der Waals surface area contributed by atoms with E-state index in [4.69, 9.17) is 18.9 Å². The van der Waals surface area contributed by atoms with Crippen molar-refractivity contribution in [2.24, 2.45) is 0 Å². The number of ether oxygens (including phenoxy) is 4. The van der Waals surface area contributed by atoms with Crippen molar-refractivity contribution < 1.29 is 28.5 Å². The number of rotatable bonds is 6. The van der Waals surface area contributed by atoms with Crippen molar-refractivity contribution >= 4 is 11.9 Å². The first-order chi connectivity index (χ1) is 12.6. The average molecular weight is 365 g/mol. The molecular weight excluding hydrogens is 338 g/mol. The zero-order valence-corrected chi connectivity index (χ0v) is 15.7. The summed E-state index contributed by atoms with van der Waals surface area (Å²) < 4.78 is 20.9. The number of methoxy groups -OCH3 is 3. The van der Waals surface area contributed by atoms with Gasteiger partial charge in [-0.3, -0.25) is 4.79 Å². The molecule has 0 bridgehead atoms. The second-order valence-electron chi connectivity index (χ2n) is 6.14. The molecule has 0 aliphatic carbocycles. The fourth-order valence-electron chi connectivity index (χ4n) is 3.00. The summed E-state index contributed by atoms with van der Waals surface area (Å²) in [6.07, 6.45) is 5.47. The molecule has 1 saturated heterocycles. The molecule has 0 aromatic heterocycles. The Hall–Kier alpha value is -2.44. The molecule has 0 unspecified atom stereocenters. The van der Waals surface area contributed by atoms with Gasteiger partial charge in [0.25, 0.3) is 5.91 Å². The Morgan fingerprint density at radius 1 is 0.885 bits per heavy atom. The van der Waals surface area contributed by atoms with E-state index < -0.39 is 5.97 Å². The minimum Gasteiger partial charge on any atom is -0.493 e. The van der Waals surface area contributed by atoms with Gasteiger partial charge in [-0.15, -0.1) is 0 Å². The van der Waals surface area contributed by atoms with Gasteiger partial charge in [0.05, 0.1) is 26.9 Å². The van der Waals surface area contributed by atoms with Crippen LogP contribution in [-0.2, 0) is 9.53 Å². The van der Waals surface area contributed by atoms with Gasteiger partial charge in [0.15, 0.2) is 18.1 Å².